The summed E-state index contributed by atoms with van der Waals surface area (Å²) in [5.74, 6) is -1.24. The number of carbonyl (C=O) groups is 2. The monoisotopic (exact) mass is 305 g/mol. The highest BCUT2D eigenvalue weighted by molar-refractivity contribution is 5.97. The van der Waals surface area contributed by atoms with Crippen molar-refractivity contribution in [2.24, 2.45) is 0 Å². The van der Waals surface area contributed by atoms with Crippen LogP contribution in [0, 0.1) is 0 Å². The van der Waals surface area contributed by atoms with E-state index in [0.717, 1.165) is 5.56 Å². The Morgan fingerprint density at radius 1 is 1.23 bits per heavy atom. The number of methoxy groups -OCH3 is 1. The van der Waals surface area contributed by atoms with Crippen molar-refractivity contribution in [2.75, 3.05) is 13.7 Å². The minimum absolute atomic E-state index is 0.0139. The standard InChI is InChI=1S/C17H23NO4/c1-17(2,3)12-7-5-11(6-8-12)15(19)18-10-13(22-4)9-14(18)16(20)21/h5-8,13-14H,9-10H2,1-4H3,(H,20,21). The Hall–Kier alpha value is -1.88. The Morgan fingerprint density at radius 2 is 1.82 bits per heavy atom. The smallest absolute Gasteiger partial charge is 0.326 e. The van der Waals surface area contributed by atoms with Crippen molar-refractivity contribution in [3.05, 3.63) is 35.4 Å². The second kappa shape index (κ2) is 6.08. The van der Waals surface area contributed by atoms with Gasteiger partial charge in [-0.15, -0.1) is 0 Å². The molecule has 0 bridgehead atoms. The molecule has 5 nitrogen and oxygen atoms in total. The van der Waals surface area contributed by atoms with Gasteiger partial charge in [0.15, 0.2) is 0 Å². The van der Waals surface area contributed by atoms with Gasteiger partial charge < -0.3 is 14.7 Å². The van der Waals surface area contributed by atoms with Gasteiger partial charge in [0, 0.05) is 25.6 Å². The Morgan fingerprint density at radius 3 is 2.27 bits per heavy atom. The van der Waals surface area contributed by atoms with Gasteiger partial charge in [-0.05, 0) is 23.1 Å². The van der Waals surface area contributed by atoms with E-state index in [4.69, 9.17) is 4.74 Å². The number of nitrogens with zero attached hydrogens (tertiary/aromatic N) is 1. The Kier molecular flexibility index (Phi) is 4.56. The molecule has 1 aromatic carbocycles. The molecule has 2 rings (SSSR count). The van der Waals surface area contributed by atoms with Crippen molar-refractivity contribution in [3.63, 3.8) is 0 Å². The van der Waals surface area contributed by atoms with Gasteiger partial charge in [-0.3, -0.25) is 4.79 Å². The summed E-state index contributed by atoms with van der Waals surface area (Å²) in [6, 6.07) is 6.56. The van der Waals surface area contributed by atoms with Crippen LogP contribution < -0.4 is 0 Å². The van der Waals surface area contributed by atoms with Gasteiger partial charge >= 0.3 is 5.97 Å². The van der Waals surface area contributed by atoms with E-state index in [1.54, 1.807) is 12.1 Å². The molecule has 1 aliphatic heterocycles. The van der Waals surface area contributed by atoms with Crippen LogP contribution in [0.1, 0.15) is 43.1 Å². The van der Waals surface area contributed by atoms with Gasteiger partial charge in [0.1, 0.15) is 6.04 Å². The molecule has 1 aliphatic rings. The summed E-state index contributed by atoms with van der Waals surface area (Å²) in [6.07, 6.45) is 0.108. The molecule has 0 saturated carbocycles. The van der Waals surface area contributed by atoms with E-state index in [1.807, 2.05) is 12.1 Å². The van der Waals surface area contributed by atoms with Crippen molar-refractivity contribution in [3.8, 4) is 0 Å². The number of hydrogen-bond donors (Lipinski definition) is 1. The summed E-state index contributed by atoms with van der Waals surface area (Å²) in [5.41, 5.74) is 1.66. The first-order chi connectivity index (χ1) is 10.2. The van der Waals surface area contributed by atoms with Crippen LogP contribution >= 0.6 is 0 Å². The lowest BCUT2D eigenvalue weighted by Gasteiger charge is -2.22. The molecule has 22 heavy (non-hydrogen) atoms. The summed E-state index contributed by atoms with van der Waals surface area (Å²) in [6.45, 7) is 6.63. The highest BCUT2D eigenvalue weighted by Gasteiger charge is 2.40. The van der Waals surface area contributed by atoms with E-state index >= 15 is 0 Å². The largest absolute Gasteiger partial charge is 0.480 e. The number of benzene rings is 1. The number of carboxylic acid groups (broad SMARTS) is 1. The minimum atomic E-state index is -0.987. The molecule has 0 aromatic heterocycles. The molecule has 0 spiro atoms. The molecule has 1 heterocycles. The van der Waals surface area contributed by atoms with Gasteiger partial charge in [0.2, 0.25) is 0 Å². The second-order valence-electron chi connectivity index (χ2n) is 6.73. The SMILES string of the molecule is COC1CC(C(=O)O)N(C(=O)c2ccc(C(C)(C)C)cc2)C1. The molecule has 5 heteroatoms. The van der Waals surface area contributed by atoms with Crippen LogP contribution in [0.4, 0.5) is 0 Å². The van der Waals surface area contributed by atoms with Gasteiger partial charge in [0.25, 0.3) is 5.91 Å². The number of rotatable bonds is 3. The average molecular weight is 305 g/mol. The highest BCUT2D eigenvalue weighted by atomic mass is 16.5. The molecular weight excluding hydrogens is 282 g/mol. The lowest BCUT2D eigenvalue weighted by molar-refractivity contribution is -0.141. The molecule has 0 radical (unpaired) electrons. The van der Waals surface area contributed by atoms with Gasteiger partial charge in [-0.2, -0.15) is 0 Å². The highest BCUT2D eigenvalue weighted by Crippen LogP contribution is 2.25. The molecule has 1 fully saturated rings. The van der Waals surface area contributed by atoms with Crippen LogP contribution in [0.5, 0.6) is 0 Å². The van der Waals surface area contributed by atoms with Crippen molar-refractivity contribution >= 4 is 11.9 Å². The normalized spacial score (nSPS) is 21.9. The zero-order valence-corrected chi connectivity index (χ0v) is 13.5. The molecule has 2 atom stereocenters. The van der Waals surface area contributed by atoms with E-state index in [1.165, 1.54) is 12.0 Å². The van der Waals surface area contributed by atoms with Crippen LogP contribution in [0.2, 0.25) is 0 Å². The number of hydrogen-bond acceptors (Lipinski definition) is 3. The van der Waals surface area contributed by atoms with Gasteiger partial charge in [-0.25, -0.2) is 4.79 Å². The first-order valence-electron chi connectivity index (χ1n) is 7.41. The van der Waals surface area contributed by atoms with E-state index < -0.39 is 12.0 Å². The maximum absolute atomic E-state index is 12.6. The first kappa shape index (κ1) is 16.5. The van der Waals surface area contributed by atoms with Crippen LogP contribution in [0.25, 0.3) is 0 Å². The van der Waals surface area contributed by atoms with E-state index in [2.05, 4.69) is 20.8 Å². The van der Waals surface area contributed by atoms with Crippen LogP contribution in [0.3, 0.4) is 0 Å². The maximum Gasteiger partial charge on any atom is 0.326 e. The fourth-order valence-electron chi connectivity index (χ4n) is 2.71. The van der Waals surface area contributed by atoms with Crippen molar-refractivity contribution in [2.45, 2.75) is 44.8 Å². The van der Waals surface area contributed by atoms with E-state index in [0.29, 0.717) is 18.5 Å². The first-order valence-corrected chi connectivity index (χ1v) is 7.41. The topological polar surface area (TPSA) is 66.8 Å². The number of likely N-dealkylation sites (tertiary alicyclic amines) is 1. The fraction of sp³-hybridized carbons (Fsp3) is 0.529. The fourth-order valence-corrected chi connectivity index (χ4v) is 2.71. The lowest BCUT2D eigenvalue weighted by Crippen LogP contribution is -2.40. The van der Waals surface area contributed by atoms with Gasteiger partial charge in [-0.1, -0.05) is 32.9 Å². The second-order valence-corrected chi connectivity index (χ2v) is 6.73. The maximum atomic E-state index is 12.6. The Balaban J connectivity index is 2.21. The molecule has 120 valence electrons. The number of amides is 1. The molecule has 1 N–H and O–H groups in total. The Bertz CT molecular complexity index is 559. The lowest BCUT2D eigenvalue weighted by atomic mass is 9.86. The predicted octanol–water partition coefficient (Wildman–Crippen LogP) is 2.30. The molecule has 1 amide bonds. The van der Waals surface area contributed by atoms with Crippen LogP contribution in [-0.4, -0.2) is 47.7 Å². The molecule has 1 aromatic rings. The minimum Gasteiger partial charge on any atom is -0.480 e. The van der Waals surface area contributed by atoms with Crippen molar-refractivity contribution in [1.29, 1.82) is 0 Å². The van der Waals surface area contributed by atoms with Crippen LogP contribution in [-0.2, 0) is 14.9 Å². The number of carboxylic acids is 1. The summed E-state index contributed by atoms with van der Waals surface area (Å²) in [5, 5.41) is 9.29. The number of ether oxygens (including phenoxy) is 1. The predicted molar refractivity (Wildman–Crippen MR) is 83.0 cm³/mol. The summed E-state index contributed by atoms with van der Waals surface area (Å²) < 4.78 is 5.21. The Labute approximate surface area is 130 Å². The average Bonchev–Trinajstić information content (AvgIpc) is 2.90. The summed E-state index contributed by atoms with van der Waals surface area (Å²) in [7, 11) is 1.54. The third kappa shape index (κ3) is 3.30. The molecule has 0 aliphatic carbocycles. The summed E-state index contributed by atoms with van der Waals surface area (Å²) in [4.78, 5) is 25.3. The third-order valence-electron chi connectivity index (χ3n) is 4.14. The quantitative estimate of drug-likeness (QED) is 0.930. The molecule has 1 saturated heterocycles. The van der Waals surface area contributed by atoms with E-state index in [9.17, 15) is 14.7 Å². The van der Waals surface area contributed by atoms with E-state index in [-0.39, 0.29) is 17.4 Å². The number of carbonyl (C=O) groups excluding carboxylic acids is 1. The van der Waals surface area contributed by atoms with Crippen LogP contribution in [0.15, 0.2) is 24.3 Å². The zero-order valence-electron chi connectivity index (χ0n) is 13.5. The van der Waals surface area contributed by atoms with Crippen molar-refractivity contribution in [1.82, 2.24) is 4.90 Å². The molecule has 2 unspecified atom stereocenters. The molecular formula is C17H23NO4. The third-order valence-corrected chi connectivity index (χ3v) is 4.14. The van der Waals surface area contributed by atoms with Gasteiger partial charge in [0.05, 0.1) is 6.10 Å². The van der Waals surface area contributed by atoms with Crippen molar-refractivity contribution < 1.29 is 19.4 Å². The number of aliphatic carboxylic acids is 1. The summed E-state index contributed by atoms with van der Waals surface area (Å²) >= 11 is 0. The zero-order chi connectivity index (χ0) is 16.5.